The van der Waals surface area contributed by atoms with Crippen molar-refractivity contribution in [2.45, 2.75) is 38.0 Å². The summed E-state index contributed by atoms with van der Waals surface area (Å²) < 4.78 is 41.6. The fourth-order valence-electron chi connectivity index (χ4n) is 5.48. The van der Waals surface area contributed by atoms with Gasteiger partial charge in [-0.3, -0.25) is 0 Å². The molecule has 0 atom stereocenters. The molecule has 0 amide bonds. The van der Waals surface area contributed by atoms with Crippen molar-refractivity contribution in [2.75, 3.05) is 134 Å². The van der Waals surface area contributed by atoms with E-state index >= 15 is 0 Å². The van der Waals surface area contributed by atoms with Gasteiger partial charge in [-0.15, -0.1) is 0 Å². The molecule has 2 saturated heterocycles. The highest BCUT2D eigenvalue weighted by atomic mass is 19.1. The van der Waals surface area contributed by atoms with Gasteiger partial charge in [0.1, 0.15) is 17.2 Å². The molecule has 242 valence electrons. The maximum Gasteiger partial charge on any atom is 0.228 e. The second-order valence-electron chi connectivity index (χ2n) is 10.9. The van der Waals surface area contributed by atoms with Crippen LogP contribution in [0.3, 0.4) is 0 Å². The maximum absolute atomic E-state index is 14.3. The SMILES string of the molecule is COCCN(CCOC)c1nc(N2CCC(OC)CC2)c2nc(N(CCOC)CCOC)nc(N3CCC(F)CC3)c2n1. The number of hydrogen-bond donors (Lipinski definition) is 0. The van der Waals surface area contributed by atoms with Crippen LogP contribution in [-0.4, -0.2) is 147 Å². The smallest absolute Gasteiger partial charge is 0.228 e. The average molecular weight is 609 g/mol. The fraction of sp³-hybridized carbons (Fsp3) is 0.793. The summed E-state index contributed by atoms with van der Waals surface area (Å²) in [6, 6.07) is 0. The van der Waals surface area contributed by atoms with Gasteiger partial charge in [0.25, 0.3) is 0 Å². The molecular formula is C29H49FN8O5. The molecule has 2 aromatic rings. The second kappa shape index (κ2) is 17.0. The van der Waals surface area contributed by atoms with E-state index in [0.717, 1.165) is 31.7 Å². The number of fused-ring (bicyclic) bond motifs is 1. The lowest BCUT2D eigenvalue weighted by Gasteiger charge is -2.35. The molecule has 2 aliphatic rings. The van der Waals surface area contributed by atoms with E-state index in [2.05, 4.69) is 19.6 Å². The van der Waals surface area contributed by atoms with Gasteiger partial charge in [0.05, 0.1) is 32.5 Å². The Labute approximate surface area is 254 Å². The first-order valence-corrected chi connectivity index (χ1v) is 15.2. The number of rotatable bonds is 17. The van der Waals surface area contributed by atoms with E-state index in [0.29, 0.717) is 107 Å². The molecule has 0 saturated carbocycles. The van der Waals surface area contributed by atoms with Crippen LogP contribution in [0.4, 0.5) is 27.9 Å². The van der Waals surface area contributed by atoms with Gasteiger partial charge in [0, 0.05) is 87.9 Å². The van der Waals surface area contributed by atoms with E-state index in [1.54, 1.807) is 35.5 Å². The average Bonchev–Trinajstić information content (AvgIpc) is 3.04. The van der Waals surface area contributed by atoms with E-state index < -0.39 is 6.17 Å². The predicted molar refractivity (Wildman–Crippen MR) is 166 cm³/mol. The summed E-state index contributed by atoms with van der Waals surface area (Å²) in [7, 11) is 8.49. The first kappa shape index (κ1) is 33.2. The number of aromatic nitrogens is 4. The number of nitrogens with zero attached hydrogens (tertiary/aromatic N) is 8. The van der Waals surface area contributed by atoms with Crippen LogP contribution in [0.1, 0.15) is 25.7 Å². The van der Waals surface area contributed by atoms with E-state index in [-0.39, 0.29) is 6.10 Å². The Kier molecular flexibility index (Phi) is 13.1. The fourth-order valence-corrected chi connectivity index (χ4v) is 5.48. The number of alkyl halides is 1. The Morgan fingerprint density at radius 1 is 0.605 bits per heavy atom. The van der Waals surface area contributed by atoms with Gasteiger partial charge in [-0.1, -0.05) is 0 Å². The van der Waals surface area contributed by atoms with Gasteiger partial charge in [-0.05, 0) is 25.7 Å². The highest BCUT2D eigenvalue weighted by Gasteiger charge is 2.29. The molecule has 14 heteroatoms. The highest BCUT2D eigenvalue weighted by Crippen LogP contribution is 2.35. The van der Waals surface area contributed by atoms with Crippen molar-refractivity contribution in [1.29, 1.82) is 0 Å². The van der Waals surface area contributed by atoms with Crippen molar-refractivity contribution in [3.63, 3.8) is 0 Å². The summed E-state index contributed by atoms with van der Waals surface area (Å²) >= 11 is 0. The van der Waals surface area contributed by atoms with E-state index in [4.69, 9.17) is 43.6 Å². The van der Waals surface area contributed by atoms with Gasteiger partial charge in [0.15, 0.2) is 11.6 Å². The molecule has 13 nitrogen and oxygen atoms in total. The zero-order valence-corrected chi connectivity index (χ0v) is 26.5. The molecule has 0 unspecified atom stereocenters. The Bertz CT molecular complexity index is 1100. The van der Waals surface area contributed by atoms with Crippen LogP contribution < -0.4 is 19.6 Å². The van der Waals surface area contributed by atoms with Gasteiger partial charge in [-0.2, -0.15) is 9.97 Å². The van der Waals surface area contributed by atoms with Crippen molar-refractivity contribution < 1.29 is 28.1 Å². The summed E-state index contributed by atoms with van der Waals surface area (Å²) in [5.74, 6) is 2.58. The third-order valence-corrected chi connectivity index (χ3v) is 8.11. The molecule has 0 N–H and O–H groups in total. The Morgan fingerprint density at radius 3 is 1.33 bits per heavy atom. The van der Waals surface area contributed by atoms with Crippen LogP contribution >= 0.6 is 0 Å². The third-order valence-electron chi connectivity index (χ3n) is 8.11. The van der Waals surface area contributed by atoms with E-state index in [9.17, 15) is 4.39 Å². The van der Waals surface area contributed by atoms with Gasteiger partial charge in [-0.25, -0.2) is 14.4 Å². The first-order valence-electron chi connectivity index (χ1n) is 15.2. The number of anilines is 4. The summed E-state index contributed by atoms with van der Waals surface area (Å²) in [4.78, 5) is 29.1. The lowest BCUT2D eigenvalue weighted by atomic mass is 10.1. The minimum atomic E-state index is -0.815. The zero-order chi connectivity index (χ0) is 30.6. The van der Waals surface area contributed by atoms with Crippen LogP contribution in [0.15, 0.2) is 0 Å². The van der Waals surface area contributed by atoms with Crippen LogP contribution in [-0.2, 0) is 23.7 Å². The van der Waals surface area contributed by atoms with Gasteiger partial charge in [0.2, 0.25) is 11.9 Å². The molecule has 0 bridgehead atoms. The summed E-state index contributed by atoms with van der Waals surface area (Å²) in [5, 5.41) is 0. The van der Waals surface area contributed by atoms with Gasteiger partial charge >= 0.3 is 0 Å². The number of methoxy groups -OCH3 is 5. The molecule has 2 aliphatic heterocycles. The molecule has 2 aromatic heterocycles. The molecule has 0 aromatic carbocycles. The minimum Gasteiger partial charge on any atom is -0.383 e. The largest absolute Gasteiger partial charge is 0.383 e. The van der Waals surface area contributed by atoms with Crippen LogP contribution in [0.2, 0.25) is 0 Å². The summed E-state index contributed by atoms with van der Waals surface area (Å²) in [6.45, 7) is 7.07. The lowest BCUT2D eigenvalue weighted by molar-refractivity contribution is 0.0818. The standard InChI is InChI=1S/C29H49FN8O5/c1-39-18-14-37(15-19-40-2)28-32-25-24(26(33-28)35-10-6-22(30)7-11-35)31-29(38(16-20-41-3)17-21-42-4)34-27(25)36-12-8-23(43-5)9-13-36/h22-23H,6-21H2,1-5H3. The predicted octanol–water partition coefficient (Wildman–Crippen LogP) is 2.17. The van der Waals surface area contributed by atoms with Crippen molar-refractivity contribution in [3.8, 4) is 0 Å². The Hall–Kier alpha value is -2.65. The van der Waals surface area contributed by atoms with Gasteiger partial charge < -0.3 is 43.3 Å². The number of piperidine rings is 2. The molecule has 4 rings (SSSR count). The maximum atomic E-state index is 14.3. The summed E-state index contributed by atoms with van der Waals surface area (Å²) in [6.07, 6.45) is 2.06. The highest BCUT2D eigenvalue weighted by molar-refractivity contribution is 5.95. The van der Waals surface area contributed by atoms with Crippen molar-refractivity contribution in [3.05, 3.63) is 0 Å². The lowest BCUT2D eigenvalue weighted by Crippen LogP contribution is -2.39. The van der Waals surface area contributed by atoms with Crippen LogP contribution in [0.5, 0.6) is 0 Å². The second-order valence-corrected chi connectivity index (χ2v) is 10.9. The normalized spacial score (nSPS) is 16.8. The van der Waals surface area contributed by atoms with Crippen LogP contribution in [0, 0.1) is 0 Å². The molecule has 0 radical (unpaired) electrons. The molecule has 0 spiro atoms. The van der Waals surface area contributed by atoms with Crippen molar-refractivity contribution in [2.24, 2.45) is 0 Å². The number of ether oxygens (including phenoxy) is 5. The Balaban J connectivity index is 1.90. The zero-order valence-electron chi connectivity index (χ0n) is 26.5. The topological polar surface area (TPSA) is 111 Å². The molecular weight excluding hydrogens is 559 g/mol. The molecule has 4 heterocycles. The molecule has 0 aliphatic carbocycles. The first-order chi connectivity index (χ1) is 21.0. The van der Waals surface area contributed by atoms with E-state index in [1.165, 1.54) is 0 Å². The van der Waals surface area contributed by atoms with Crippen molar-refractivity contribution in [1.82, 2.24) is 19.9 Å². The quantitative estimate of drug-likeness (QED) is 0.262. The number of halogens is 1. The van der Waals surface area contributed by atoms with Crippen molar-refractivity contribution >= 4 is 34.6 Å². The minimum absolute atomic E-state index is 0.213. The third kappa shape index (κ3) is 8.72. The summed E-state index contributed by atoms with van der Waals surface area (Å²) in [5.41, 5.74) is 1.34. The Morgan fingerprint density at radius 2 is 0.977 bits per heavy atom. The van der Waals surface area contributed by atoms with Crippen LogP contribution in [0.25, 0.3) is 11.0 Å². The number of hydrogen-bond acceptors (Lipinski definition) is 13. The monoisotopic (exact) mass is 608 g/mol. The molecule has 2 fully saturated rings. The molecule has 43 heavy (non-hydrogen) atoms. The van der Waals surface area contributed by atoms with E-state index in [1.807, 2.05) is 0 Å².